The maximum Gasteiger partial charge on any atom is 0.0321 e. The summed E-state index contributed by atoms with van der Waals surface area (Å²) in [6, 6.07) is 20.1. The number of rotatable bonds is 3. The van der Waals surface area contributed by atoms with Crippen molar-refractivity contribution in [1.29, 1.82) is 0 Å². The number of benzene rings is 2. The topological polar surface area (TPSA) is 15.3 Å². The van der Waals surface area contributed by atoms with E-state index < -0.39 is 0 Å². The molecular formula is C18H22N2. The van der Waals surface area contributed by atoms with Crippen LogP contribution in [0.1, 0.15) is 18.5 Å². The Balaban J connectivity index is 1.83. The van der Waals surface area contributed by atoms with Gasteiger partial charge in [0.15, 0.2) is 0 Å². The molecule has 0 spiro atoms. The van der Waals surface area contributed by atoms with Crippen LogP contribution in [0.15, 0.2) is 54.6 Å². The van der Waals surface area contributed by atoms with Crippen molar-refractivity contribution in [3.63, 3.8) is 0 Å². The Bertz CT molecular complexity index is 544. The fourth-order valence-corrected chi connectivity index (χ4v) is 2.89. The Morgan fingerprint density at radius 2 is 1.60 bits per heavy atom. The lowest BCUT2D eigenvalue weighted by Crippen LogP contribution is -2.44. The molecule has 0 bridgehead atoms. The van der Waals surface area contributed by atoms with Crippen molar-refractivity contribution in [2.24, 2.45) is 0 Å². The normalized spacial score (nSPS) is 17.9. The van der Waals surface area contributed by atoms with Gasteiger partial charge in [0.25, 0.3) is 0 Å². The summed E-state index contributed by atoms with van der Waals surface area (Å²) in [5.74, 6) is 0. The summed E-state index contributed by atoms with van der Waals surface area (Å²) < 4.78 is 0. The van der Waals surface area contributed by atoms with Gasteiger partial charge in [-0.1, -0.05) is 48.5 Å². The monoisotopic (exact) mass is 266 g/mol. The molecule has 1 aliphatic heterocycles. The van der Waals surface area contributed by atoms with Crippen molar-refractivity contribution in [2.45, 2.75) is 13.0 Å². The maximum absolute atomic E-state index is 3.42. The van der Waals surface area contributed by atoms with Crippen LogP contribution in [0.2, 0.25) is 0 Å². The smallest absolute Gasteiger partial charge is 0.0321 e. The number of nitrogens with zero attached hydrogens (tertiary/aromatic N) is 1. The largest absolute Gasteiger partial charge is 0.314 e. The second-order valence-corrected chi connectivity index (χ2v) is 5.45. The van der Waals surface area contributed by atoms with Crippen LogP contribution in [0.25, 0.3) is 11.1 Å². The van der Waals surface area contributed by atoms with Gasteiger partial charge in [0, 0.05) is 32.2 Å². The molecule has 1 aliphatic rings. The first-order valence-electron chi connectivity index (χ1n) is 7.45. The van der Waals surface area contributed by atoms with Crippen molar-refractivity contribution in [2.75, 3.05) is 26.2 Å². The van der Waals surface area contributed by atoms with Gasteiger partial charge in [0.05, 0.1) is 0 Å². The maximum atomic E-state index is 3.42. The predicted molar refractivity (Wildman–Crippen MR) is 84.7 cm³/mol. The van der Waals surface area contributed by atoms with Crippen LogP contribution < -0.4 is 5.32 Å². The van der Waals surface area contributed by atoms with Crippen LogP contribution in [-0.4, -0.2) is 31.1 Å². The molecule has 1 fully saturated rings. The molecule has 1 heterocycles. The molecule has 0 amide bonds. The molecule has 3 rings (SSSR count). The molecule has 2 aromatic rings. The Morgan fingerprint density at radius 1 is 0.900 bits per heavy atom. The Hall–Kier alpha value is -1.64. The molecule has 104 valence electrons. The Morgan fingerprint density at radius 3 is 2.35 bits per heavy atom. The van der Waals surface area contributed by atoms with Crippen LogP contribution in [0.3, 0.4) is 0 Å². The number of hydrogen-bond donors (Lipinski definition) is 1. The number of nitrogens with one attached hydrogen (secondary N) is 1. The fourth-order valence-electron chi connectivity index (χ4n) is 2.89. The van der Waals surface area contributed by atoms with Gasteiger partial charge < -0.3 is 5.32 Å². The minimum Gasteiger partial charge on any atom is -0.314 e. The van der Waals surface area contributed by atoms with Gasteiger partial charge in [-0.2, -0.15) is 0 Å². The minimum absolute atomic E-state index is 0.487. The third kappa shape index (κ3) is 2.92. The van der Waals surface area contributed by atoms with Crippen molar-refractivity contribution in [3.05, 3.63) is 60.2 Å². The first-order valence-corrected chi connectivity index (χ1v) is 7.45. The van der Waals surface area contributed by atoms with Gasteiger partial charge in [-0.05, 0) is 29.7 Å². The second-order valence-electron chi connectivity index (χ2n) is 5.45. The fraction of sp³-hybridized carbons (Fsp3) is 0.333. The quantitative estimate of drug-likeness (QED) is 0.917. The van der Waals surface area contributed by atoms with E-state index in [4.69, 9.17) is 0 Å². The standard InChI is InChI=1S/C18H22N2/c1-15(20-12-10-19-11-13-20)17-8-5-9-18(14-17)16-6-3-2-4-7-16/h2-9,14-15,19H,10-13H2,1H3/t15-/m0/s1. The lowest BCUT2D eigenvalue weighted by atomic mass is 9.99. The molecule has 20 heavy (non-hydrogen) atoms. The summed E-state index contributed by atoms with van der Waals surface area (Å²) in [6.07, 6.45) is 0. The predicted octanol–water partition coefficient (Wildman–Crippen LogP) is 3.32. The molecule has 1 N–H and O–H groups in total. The Labute approximate surface area is 121 Å². The summed E-state index contributed by atoms with van der Waals surface area (Å²) in [5.41, 5.74) is 4.01. The van der Waals surface area contributed by atoms with E-state index in [1.54, 1.807) is 0 Å². The molecule has 2 aromatic carbocycles. The first kappa shape index (κ1) is 13.3. The van der Waals surface area contributed by atoms with Crippen LogP contribution >= 0.6 is 0 Å². The van der Waals surface area contributed by atoms with Crippen LogP contribution in [-0.2, 0) is 0 Å². The SMILES string of the molecule is C[C@@H](c1cccc(-c2ccccc2)c1)N1CCNCC1. The molecule has 0 radical (unpaired) electrons. The third-order valence-electron chi connectivity index (χ3n) is 4.18. The summed E-state index contributed by atoms with van der Waals surface area (Å²) in [5, 5.41) is 3.42. The zero-order chi connectivity index (χ0) is 13.8. The third-order valence-corrected chi connectivity index (χ3v) is 4.18. The summed E-state index contributed by atoms with van der Waals surface area (Å²) in [7, 11) is 0. The van der Waals surface area contributed by atoms with Crippen molar-refractivity contribution < 1.29 is 0 Å². The van der Waals surface area contributed by atoms with E-state index >= 15 is 0 Å². The van der Waals surface area contributed by atoms with E-state index in [0.29, 0.717) is 6.04 Å². The molecular weight excluding hydrogens is 244 g/mol. The lowest BCUT2D eigenvalue weighted by Gasteiger charge is -2.33. The van der Waals surface area contributed by atoms with Crippen LogP contribution in [0, 0.1) is 0 Å². The van der Waals surface area contributed by atoms with Crippen LogP contribution in [0.5, 0.6) is 0 Å². The van der Waals surface area contributed by atoms with E-state index in [1.807, 2.05) is 0 Å². The highest BCUT2D eigenvalue weighted by Gasteiger charge is 2.17. The number of hydrogen-bond acceptors (Lipinski definition) is 2. The Kier molecular flexibility index (Phi) is 4.14. The molecule has 0 aromatic heterocycles. The van der Waals surface area contributed by atoms with Gasteiger partial charge >= 0.3 is 0 Å². The molecule has 0 aliphatic carbocycles. The average molecular weight is 266 g/mol. The van der Waals surface area contributed by atoms with Crippen LogP contribution in [0.4, 0.5) is 0 Å². The van der Waals surface area contributed by atoms with Gasteiger partial charge in [0.1, 0.15) is 0 Å². The van der Waals surface area contributed by atoms with E-state index in [2.05, 4.69) is 71.7 Å². The molecule has 1 atom stereocenters. The average Bonchev–Trinajstić information content (AvgIpc) is 2.56. The van der Waals surface area contributed by atoms with Crippen molar-refractivity contribution in [1.82, 2.24) is 10.2 Å². The minimum atomic E-state index is 0.487. The first-order chi connectivity index (χ1) is 9.84. The van der Waals surface area contributed by atoms with E-state index in [9.17, 15) is 0 Å². The van der Waals surface area contributed by atoms with Gasteiger partial charge in [0.2, 0.25) is 0 Å². The van der Waals surface area contributed by atoms with Crippen molar-refractivity contribution in [3.8, 4) is 11.1 Å². The highest BCUT2D eigenvalue weighted by molar-refractivity contribution is 5.64. The molecule has 2 heteroatoms. The summed E-state index contributed by atoms with van der Waals surface area (Å²) >= 11 is 0. The van der Waals surface area contributed by atoms with E-state index in [-0.39, 0.29) is 0 Å². The number of piperazine rings is 1. The summed E-state index contributed by atoms with van der Waals surface area (Å²) in [4.78, 5) is 2.56. The second kappa shape index (κ2) is 6.21. The van der Waals surface area contributed by atoms with Gasteiger partial charge in [-0.3, -0.25) is 4.90 Å². The van der Waals surface area contributed by atoms with E-state index in [0.717, 1.165) is 26.2 Å². The zero-order valence-corrected chi connectivity index (χ0v) is 12.0. The lowest BCUT2D eigenvalue weighted by molar-refractivity contribution is 0.185. The van der Waals surface area contributed by atoms with E-state index in [1.165, 1.54) is 16.7 Å². The van der Waals surface area contributed by atoms with Crippen molar-refractivity contribution >= 4 is 0 Å². The summed E-state index contributed by atoms with van der Waals surface area (Å²) in [6.45, 7) is 6.79. The molecule has 1 saturated heterocycles. The highest BCUT2D eigenvalue weighted by Crippen LogP contribution is 2.26. The van der Waals surface area contributed by atoms with Gasteiger partial charge in [-0.15, -0.1) is 0 Å². The zero-order valence-electron chi connectivity index (χ0n) is 12.0. The molecule has 0 unspecified atom stereocenters. The molecule has 2 nitrogen and oxygen atoms in total. The van der Waals surface area contributed by atoms with Gasteiger partial charge in [-0.25, -0.2) is 0 Å². The molecule has 0 saturated carbocycles. The highest BCUT2D eigenvalue weighted by atomic mass is 15.2.